The first kappa shape index (κ1) is 23.9. The quantitative estimate of drug-likeness (QED) is 0.223. The van der Waals surface area contributed by atoms with E-state index in [1.807, 2.05) is 0 Å². The van der Waals surface area contributed by atoms with Gasteiger partial charge in [-0.15, -0.1) is 24.0 Å². The van der Waals surface area contributed by atoms with Gasteiger partial charge in [-0.05, 0) is 32.1 Å². The Morgan fingerprint density at radius 2 is 1.92 bits per heavy atom. The maximum absolute atomic E-state index is 11.6. The van der Waals surface area contributed by atoms with Crippen LogP contribution in [0.2, 0.25) is 0 Å². The van der Waals surface area contributed by atoms with Crippen LogP contribution in [-0.4, -0.2) is 84.4 Å². The van der Waals surface area contributed by atoms with Crippen molar-refractivity contribution in [2.45, 2.75) is 38.2 Å². The number of aliphatic imine (C=N–C) groups is 1. The van der Waals surface area contributed by atoms with E-state index in [1.165, 1.54) is 6.26 Å². The minimum absolute atomic E-state index is 0. The van der Waals surface area contributed by atoms with Crippen molar-refractivity contribution in [2.24, 2.45) is 10.4 Å². The minimum Gasteiger partial charge on any atom is -0.385 e. The Morgan fingerprint density at radius 1 is 1.27 bits per heavy atom. The number of hydrogen-bond acceptors (Lipinski definition) is 5. The lowest BCUT2D eigenvalue weighted by atomic mass is 10.1. The van der Waals surface area contributed by atoms with Crippen LogP contribution in [0.15, 0.2) is 4.99 Å². The summed E-state index contributed by atoms with van der Waals surface area (Å²) >= 11 is 0. The number of ether oxygens (including phenoxy) is 2. The molecule has 1 saturated heterocycles. The molecule has 0 aromatic rings. The molecule has 1 saturated carbocycles. The predicted molar refractivity (Wildman–Crippen MR) is 115 cm³/mol. The van der Waals surface area contributed by atoms with Gasteiger partial charge in [0.05, 0.1) is 11.9 Å². The zero-order valence-corrected chi connectivity index (χ0v) is 19.3. The molecule has 0 atom stereocenters. The maximum atomic E-state index is 11.6. The second-order valence-electron chi connectivity index (χ2n) is 7.37. The van der Waals surface area contributed by atoms with E-state index in [0.717, 1.165) is 64.4 Å². The molecule has 0 aromatic carbocycles. The number of nitrogens with one attached hydrogen (secondary N) is 1. The van der Waals surface area contributed by atoms with Crippen LogP contribution in [0.1, 0.15) is 32.1 Å². The Labute approximate surface area is 175 Å². The summed E-state index contributed by atoms with van der Waals surface area (Å²) < 4.78 is 34.1. The number of methoxy groups -OCH3 is 1. The molecule has 7 nitrogen and oxygen atoms in total. The number of likely N-dealkylation sites (tertiary alicyclic amines) is 1. The number of guanidine groups is 1. The maximum Gasteiger partial charge on any atom is 0.193 e. The summed E-state index contributed by atoms with van der Waals surface area (Å²) in [5, 5.41) is 3.39. The molecule has 1 heterocycles. The Bertz CT molecular complexity index is 544. The van der Waals surface area contributed by atoms with Crippen molar-refractivity contribution < 1.29 is 17.9 Å². The van der Waals surface area contributed by atoms with Gasteiger partial charge < -0.3 is 19.7 Å². The first-order chi connectivity index (χ1) is 11.9. The fourth-order valence-electron chi connectivity index (χ4n) is 3.39. The predicted octanol–water partition coefficient (Wildman–Crippen LogP) is 1.52. The summed E-state index contributed by atoms with van der Waals surface area (Å²) in [7, 11) is 0.553. The summed E-state index contributed by atoms with van der Waals surface area (Å²) in [5.74, 6) is 1.14. The first-order valence-electron chi connectivity index (χ1n) is 9.11. The number of rotatable bonds is 9. The number of halogens is 1. The van der Waals surface area contributed by atoms with E-state index in [4.69, 9.17) is 9.47 Å². The largest absolute Gasteiger partial charge is 0.385 e. The molecule has 26 heavy (non-hydrogen) atoms. The summed E-state index contributed by atoms with van der Waals surface area (Å²) in [5.41, 5.74) is -0.0910. The zero-order valence-electron chi connectivity index (χ0n) is 16.2. The molecule has 2 aliphatic rings. The highest BCUT2D eigenvalue weighted by atomic mass is 127. The standard InChI is InChI=1S/C17H33N3O4S.HI/c1-18-16(19-13-17(7-8-17)14-25(3,21)22)20-9-5-15(6-10-20)24-12-4-11-23-2;/h15H,4-14H2,1-3H3,(H,18,19);1H. The number of hydrogen-bond donors (Lipinski definition) is 1. The van der Waals surface area contributed by atoms with Gasteiger partial charge in [-0.3, -0.25) is 4.99 Å². The van der Waals surface area contributed by atoms with Gasteiger partial charge in [-0.1, -0.05) is 0 Å². The highest BCUT2D eigenvalue weighted by molar-refractivity contribution is 14.0. The van der Waals surface area contributed by atoms with E-state index in [1.54, 1.807) is 14.2 Å². The molecule has 0 bridgehead atoms. The number of sulfone groups is 1. The van der Waals surface area contributed by atoms with E-state index in [-0.39, 0.29) is 35.1 Å². The van der Waals surface area contributed by atoms with Crippen LogP contribution in [0.4, 0.5) is 0 Å². The van der Waals surface area contributed by atoms with Crippen molar-refractivity contribution in [3.05, 3.63) is 0 Å². The summed E-state index contributed by atoms with van der Waals surface area (Å²) in [6.07, 6.45) is 6.49. The van der Waals surface area contributed by atoms with Gasteiger partial charge in [-0.2, -0.15) is 0 Å². The molecule has 0 spiro atoms. The monoisotopic (exact) mass is 503 g/mol. The van der Waals surface area contributed by atoms with E-state index in [9.17, 15) is 8.42 Å². The van der Waals surface area contributed by atoms with E-state index in [2.05, 4.69) is 15.2 Å². The Kier molecular flexibility index (Phi) is 10.1. The highest BCUT2D eigenvalue weighted by Crippen LogP contribution is 2.46. The van der Waals surface area contributed by atoms with Crippen LogP contribution >= 0.6 is 24.0 Å². The first-order valence-corrected chi connectivity index (χ1v) is 11.2. The molecule has 2 rings (SSSR count). The molecule has 0 aromatic heterocycles. The Morgan fingerprint density at radius 3 is 2.42 bits per heavy atom. The van der Waals surface area contributed by atoms with Gasteiger partial charge in [-0.25, -0.2) is 8.42 Å². The molecule has 0 amide bonds. The topological polar surface area (TPSA) is 80.2 Å². The van der Waals surface area contributed by atoms with Gasteiger partial charge in [0.1, 0.15) is 9.84 Å². The van der Waals surface area contributed by atoms with Crippen LogP contribution in [-0.2, 0) is 19.3 Å². The van der Waals surface area contributed by atoms with Crippen LogP contribution in [0.25, 0.3) is 0 Å². The lowest BCUT2D eigenvalue weighted by Gasteiger charge is -2.34. The summed E-state index contributed by atoms with van der Waals surface area (Å²) in [6, 6.07) is 0. The van der Waals surface area contributed by atoms with Gasteiger partial charge in [0.2, 0.25) is 0 Å². The molecule has 2 fully saturated rings. The van der Waals surface area contributed by atoms with Gasteiger partial charge >= 0.3 is 0 Å². The van der Waals surface area contributed by atoms with Crippen molar-refractivity contribution in [2.75, 3.05) is 59.0 Å². The van der Waals surface area contributed by atoms with E-state index < -0.39 is 9.84 Å². The molecule has 0 unspecified atom stereocenters. The SMILES string of the molecule is CN=C(NCC1(CS(C)(=O)=O)CC1)N1CCC(OCCCOC)CC1.I. The third-order valence-electron chi connectivity index (χ3n) is 4.95. The van der Waals surface area contributed by atoms with Crippen molar-refractivity contribution in [3.8, 4) is 0 Å². The zero-order chi connectivity index (χ0) is 18.3. The molecule has 1 aliphatic heterocycles. The summed E-state index contributed by atoms with van der Waals surface area (Å²) in [4.78, 5) is 6.62. The van der Waals surface area contributed by atoms with E-state index >= 15 is 0 Å². The Balaban J connectivity index is 0.00000338. The molecule has 1 N–H and O–H groups in total. The van der Waals surface area contributed by atoms with Gasteiger partial charge in [0, 0.05) is 58.7 Å². The van der Waals surface area contributed by atoms with Crippen LogP contribution in [0.3, 0.4) is 0 Å². The smallest absolute Gasteiger partial charge is 0.193 e. The molecule has 1 aliphatic carbocycles. The average Bonchev–Trinajstić information content (AvgIpc) is 3.31. The minimum atomic E-state index is -2.94. The number of piperidine rings is 1. The van der Waals surface area contributed by atoms with Crippen LogP contribution in [0.5, 0.6) is 0 Å². The van der Waals surface area contributed by atoms with Crippen molar-refractivity contribution in [1.82, 2.24) is 10.2 Å². The van der Waals surface area contributed by atoms with E-state index in [0.29, 0.717) is 12.6 Å². The normalized spacial score (nSPS) is 20.6. The number of nitrogens with zero attached hydrogens (tertiary/aromatic N) is 2. The van der Waals surface area contributed by atoms with Gasteiger partial charge in [0.25, 0.3) is 0 Å². The second kappa shape index (κ2) is 11.0. The lowest BCUT2D eigenvalue weighted by Crippen LogP contribution is -2.48. The average molecular weight is 503 g/mol. The van der Waals surface area contributed by atoms with Crippen LogP contribution in [0, 0.1) is 5.41 Å². The summed E-state index contributed by atoms with van der Waals surface area (Å²) in [6.45, 7) is 3.99. The molecular weight excluding hydrogens is 469 g/mol. The molecule has 0 radical (unpaired) electrons. The fourth-order valence-corrected chi connectivity index (χ4v) is 4.89. The third-order valence-corrected chi connectivity index (χ3v) is 6.08. The van der Waals surface area contributed by atoms with Crippen molar-refractivity contribution >= 4 is 39.8 Å². The Hall–Kier alpha value is -0.130. The second-order valence-corrected chi connectivity index (χ2v) is 9.51. The molecule has 9 heteroatoms. The highest BCUT2D eigenvalue weighted by Gasteiger charge is 2.45. The van der Waals surface area contributed by atoms with Gasteiger partial charge in [0.15, 0.2) is 5.96 Å². The van der Waals surface area contributed by atoms with Crippen molar-refractivity contribution in [1.29, 1.82) is 0 Å². The fraction of sp³-hybridized carbons (Fsp3) is 0.941. The molecular formula is C17H34IN3O4S. The van der Waals surface area contributed by atoms with Crippen molar-refractivity contribution in [3.63, 3.8) is 0 Å². The lowest BCUT2D eigenvalue weighted by molar-refractivity contribution is 0.00988. The molecule has 154 valence electrons. The van der Waals surface area contributed by atoms with Crippen LogP contribution < -0.4 is 5.32 Å². The third kappa shape index (κ3) is 8.26.